The van der Waals surface area contributed by atoms with Crippen molar-refractivity contribution in [3.63, 3.8) is 0 Å². The molecule has 3 nitrogen and oxygen atoms in total. The summed E-state index contributed by atoms with van der Waals surface area (Å²) in [7, 11) is 1.61. The third kappa shape index (κ3) is 2.66. The standard InChI is InChI=1S/C18H20FNO2/c1-11(15-10-12(21)6-9-18(15)22-2)20-17-8-7-13-14(17)4-3-5-16(13)19/h3-6,9-11,17,20-21H,7-8H2,1-2H3/t11-,17-/m1/s1. The molecule has 116 valence electrons. The first-order chi connectivity index (χ1) is 10.6. The second-order valence-electron chi connectivity index (χ2n) is 5.71. The Morgan fingerprint density at radius 2 is 2.14 bits per heavy atom. The Morgan fingerprint density at radius 3 is 2.91 bits per heavy atom. The molecule has 0 spiro atoms. The molecule has 2 aromatic rings. The van der Waals surface area contributed by atoms with Crippen LogP contribution in [0.5, 0.6) is 11.5 Å². The van der Waals surface area contributed by atoms with Gasteiger partial charge in [0.05, 0.1) is 7.11 Å². The first-order valence-electron chi connectivity index (χ1n) is 7.50. The van der Waals surface area contributed by atoms with Crippen LogP contribution in [0.2, 0.25) is 0 Å². The fraction of sp³-hybridized carbons (Fsp3) is 0.333. The first kappa shape index (κ1) is 14.9. The molecule has 0 saturated heterocycles. The topological polar surface area (TPSA) is 41.5 Å². The quantitative estimate of drug-likeness (QED) is 0.900. The summed E-state index contributed by atoms with van der Waals surface area (Å²) in [6.07, 6.45) is 1.63. The maximum absolute atomic E-state index is 13.8. The van der Waals surface area contributed by atoms with Gasteiger partial charge in [-0.3, -0.25) is 0 Å². The van der Waals surface area contributed by atoms with Crippen LogP contribution in [0.25, 0.3) is 0 Å². The number of hydrogen-bond donors (Lipinski definition) is 2. The minimum atomic E-state index is -0.121. The minimum Gasteiger partial charge on any atom is -0.508 e. The van der Waals surface area contributed by atoms with Crippen LogP contribution in [-0.2, 0) is 6.42 Å². The van der Waals surface area contributed by atoms with E-state index in [9.17, 15) is 9.50 Å². The SMILES string of the molecule is COc1ccc(O)cc1[C@@H](C)N[C@@H]1CCc2c(F)cccc21. The van der Waals surface area contributed by atoms with Crippen LogP contribution >= 0.6 is 0 Å². The zero-order valence-electron chi connectivity index (χ0n) is 12.8. The summed E-state index contributed by atoms with van der Waals surface area (Å²) in [5.74, 6) is 0.821. The molecule has 2 N–H and O–H groups in total. The molecule has 1 aliphatic carbocycles. The van der Waals surface area contributed by atoms with Crippen molar-refractivity contribution < 1.29 is 14.2 Å². The van der Waals surface area contributed by atoms with Crippen LogP contribution in [0, 0.1) is 5.82 Å². The molecule has 0 aliphatic heterocycles. The van der Waals surface area contributed by atoms with Crippen molar-refractivity contribution >= 4 is 0 Å². The lowest BCUT2D eigenvalue weighted by Gasteiger charge is -2.22. The van der Waals surface area contributed by atoms with Gasteiger partial charge in [-0.1, -0.05) is 12.1 Å². The molecule has 0 amide bonds. The monoisotopic (exact) mass is 301 g/mol. The number of nitrogens with one attached hydrogen (secondary N) is 1. The van der Waals surface area contributed by atoms with Gasteiger partial charge in [0, 0.05) is 17.6 Å². The number of halogens is 1. The van der Waals surface area contributed by atoms with Gasteiger partial charge < -0.3 is 15.2 Å². The van der Waals surface area contributed by atoms with E-state index in [0.717, 1.165) is 35.3 Å². The zero-order valence-corrected chi connectivity index (χ0v) is 12.8. The molecule has 0 fully saturated rings. The Bertz CT molecular complexity index is 687. The third-order valence-electron chi connectivity index (χ3n) is 4.34. The number of fused-ring (bicyclic) bond motifs is 1. The second kappa shape index (κ2) is 5.97. The van der Waals surface area contributed by atoms with E-state index in [-0.39, 0.29) is 23.7 Å². The maximum atomic E-state index is 13.8. The van der Waals surface area contributed by atoms with E-state index in [4.69, 9.17) is 4.74 Å². The van der Waals surface area contributed by atoms with Gasteiger partial charge in [0.1, 0.15) is 17.3 Å². The summed E-state index contributed by atoms with van der Waals surface area (Å²) in [5, 5.41) is 13.2. The van der Waals surface area contributed by atoms with Crippen molar-refractivity contribution in [3.8, 4) is 11.5 Å². The number of methoxy groups -OCH3 is 1. The van der Waals surface area contributed by atoms with Crippen molar-refractivity contribution in [3.05, 3.63) is 58.9 Å². The highest BCUT2D eigenvalue weighted by molar-refractivity contribution is 5.42. The van der Waals surface area contributed by atoms with Crippen molar-refractivity contribution in [1.82, 2.24) is 5.32 Å². The Kier molecular flexibility index (Phi) is 4.03. The summed E-state index contributed by atoms with van der Waals surface area (Å²) < 4.78 is 19.2. The predicted octanol–water partition coefficient (Wildman–Crippen LogP) is 3.88. The molecule has 3 rings (SSSR count). The van der Waals surface area contributed by atoms with Gasteiger partial charge in [-0.25, -0.2) is 4.39 Å². The van der Waals surface area contributed by atoms with Gasteiger partial charge in [0.2, 0.25) is 0 Å². The maximum Gasteiger partial charge on any atom is 0.126 e. The molecule has 2 atom stereocenters. The summed E-state index contributed by atoms with van der Waals surface area (Å²) in [6, 6.07) is 10.4. The Balaban J connectivity index is 1.84. The van der Waals surface area contributed by atoms with Crippen LogP contribution in [0.3, 0.4) is 0 Å². The van der Waals surface area contributed by atoms with Crippen molar-refractivity contribution in [2.75, 3.05) is 7.11 Å². The number of ether oxygens (including phenoxy) is 1. The normalized spacial score (nSPS) is 18.0. The van der Waals surface area contributed by atoms with Gasteiger partial charge in [-0.05, 0) is 55.2 Å². The van der Waals surface area contributed by atoms with Crippen molar-refractivity contribution in [2.45, 2.75) is 31.8 Å². The van der Waals surface area contributed by atoms with Crippen LogP contribution in [0.15, 0.2) is 36.4 Å². The number of hydrogen-bond acceptors (Lipinski definition) is 3. The van der Waals surface area contributed by atoms with Crippen molar-refractivity contribution in [1.29, 1.82) is 0 Å². The third-order valence-corrected chi connectivity index (χ3v) is 4.34. The second-order valence-corrected chi connectivity index (χ2v) is 5.71. The van der Waals surface area contributed by atoms with Crippen LogP contribution < -0.4 is 10.1 Å². The Labute approximate surface area is 129 Å². The molecule has 0 unspecified atom stereocenters. The molecule has 0 heterocycles. The van der Waals surface area contributed by atoms with E-state index in [1.807, 2.05) is 13.0 Å². The largest absolute Gasteiger partial charge is 0.508 e. The van der Waals surface area contributed by atoms with Gasteiger partial charge in [-0.2, -0.15) is 0 Å². The molecule has 0 aromatic heterocycles. The van der Waals surface area contributed by atoms with E-state index in [2.05, 4.69) is 5.32 Å². The van der Waals surface area contributed by atoms with E-state index in [1.165, 1.54) is 6.07 Å². The average molecular weight is 301 g/mol. The van der Waals surface area contributed by atoms with Crippen LogP contribution in [0.1, 0.15) is 42.1 Å². The minimum absolute atomic E-state index is 0.0127. The molecule has 22 heavy (non-hydrogen) atoms. The van der Waals surface area contributed by atoms with Gasteiger partial charge in [0.25, 0.3) is 0 Å². The van der Waals surface area contributed by atoms with Crippen molar-refractivity contribution in [2.24, 2.45) is 0 Å². The fourth-order valence-corrected chi connectivity index (χ4v) is 3.23. The molecule has 0 radical (unpaired) electrons. The summed E-state index contributed by atoms with van der Waals surface area (Å²) in [5.41, 5.74) is 2.74. The number of phenolic OH excluding ortho intramolecular Hbond substituents is 1. The summed E-state index contributed by atoms with van der Waals surface area (Å²) in [4.78, 5) is 0. The highest BCUT2D eigenvalue weighted by Gasteiger charge is 2.26. The van der Waals surface area contributed by atoms with E-state index in [0.29, 0.717) is 0 Å². The number of rotatable bonds is 4. The van der Waals surface area contributed by atoms with Gasteiger partial charge in [0.15, 0.2) is 0 Å². The zero-order chi connectivity index (χ0) is 15.7. The average Bonchev–Trinajstić information content (AvgIpc) is 2.92. The number of aromatic hydroxyl groups is 1. The van der Waals surface area contributed by atoms with E-state index < -0.39 is 0 Å². The van der Waals surface area contributed by atoms with E-state index in [1.54, 1.807) is 31.4 Å². The fourth-order valence-electron chi connectivity index (χ4n) is 3.23. The lowest BCUT2D eigenvalue weighted by atomic mass is 10.0. The van der Waals surface area contributed by atoms with Gasteiger partial charge >= 0.3 is 0 Å². The van der Waals surface area contributed by atoms with E-state index >= 15 is 0 Å². The Morgan fingerprint density at radius 1 is 1.32 bits per heavy atom. The van der Waals surface area contributed by atoms with Crippen LogP contribution in [-0.4, -0.2) is 12.2 Å². The van der Waals surface area contributed by atoms with Crippen LogP contribution in [0.4, 0.5) is 4.39 Å². The highest BCUT2D eigenvalue weighted by Crippen LogP contribution is 2.36. The smallest absolute Gasteiger partial charge is 0.126 e. The number of benzene rings is 2. The lowest BCUT2D eigenvalue weighted by Crippen LogP contribution is -2.23. The molecular formula is C18H20FNO2. The van der Waals surface area contributed by atoms with Gasteiger partial charge in [-0.15, -0.1) is 0 Å². The summed E-state index contributed by atoms with van der Waals surface area (Å²) in [6.45, 7) is 2.02. The molecular weight excluding hydrogens is 281 g/mol. The highest BCUT2D eigenvalue weighted by atomic mass is 19.1. The molecule has 2 aromatic carbocycles. The summed E-state index contributed by atoms with van der Waals surface area (Å²) >= 11 is 0. The Hall–Kier alpha value is -2.07. The molecule has 0 saturated carbocycles. The molecule has 1 aliphatic rings. The molecule has 0 bridgehead atoms. The lowest BCUT2D eigenvalue weighted by molar-refractivity contribution is 0.390. The number of phenols is 1. The predicted molar refractivity (Wildman–Crippen MR) is 83.7 cm³/mol. The first-order valence-corrected chi connectivity index (χ1v) is 7.50. The molecule has 4 heteroatoms.